The number of aromatic amines is 1. The fourth-order valence-corrected chi connectivity index (χ4v) is 2.49. The Balaban J connectivity index is 1.83. The second kappa shape index (κ2) is 8.39. The standard InChI is InChI=1S/C19H18F3N3O4/c1-11-3-5-17(29-11)14-10-15(25-24-14)18(26)23-13-9-12(19(20,21)22)4-6-16(13)28-8-7-27-2/h3-6,9-10H,7-8H2,1-2H3,(H,23,26)(H,24,25). The van der Waals surface area contributed by atoms with Crippen molar-refractivity contribution in [3.8, 4) is 17.2 Å². The van der Waals surface area contributed by atoms with Crippen LogP contribution in [0.1, 0.15) is 21.8 Å². The highest BCUT2D eigenvalue weighted by atomic mass is 19.4. The Bertz CT molecular complexity index is 995. The first-order chi connectivity index (χ1) is 13.8. The molecule has 154 valence electrons. The predicted molar refractivity (Wildman–Crippen MR) is 97.8 cm³/mol. The summed E-state index contributed by atoms with van der Waals surface area (Å²) in [4.78, 5) is 12.5. The van der Waals surface area contributed by atoms with Gasteiger partial charge in [0.1, 0.15) is 23.8 Å². The predicted octanol–water partition coefficient (Wildman–Crippen LogP) is 4.27. The highest BCUT2D eigenvalue weighted by Crippen LogP contribution is 2.35. The van der Waals surface area contributed by atoms with Crippen LogP contribution in [0.15, 0.2) is 40.8 Å². The van der Waals surface area contributed by atoms with Crippen molar-refractivity contribution >= 4 is 11.6 Å². The molecule has 0 bridgehead atoms. The quantitative estimate of drug-likeness (QED) is 0.569. The van der Waals surface area contributed by atoms with E-state index in [1.165, 1.54) is 13.2 Å². The molecule has 3 rings (SSSR count). The Hall–Kier alpha value is -3.27. The maximum atomic E-state index is 13.1. The lowest BCUT2D eigenvalue weighted by Crippen LogP contribution is -2.15. The van der Waals surface area contributed by atoms with Crippen molar-refractivity contribution in [2.45, 2.75) is 13.1 Å². The maximum absolute atomic E-state index is 13.1. The van der Waals surface area contributed by atoms with Crippen LogP contribution in [0.25, 0.3) is 11.5 Å². The molecule has 0 aliphatic heterocycles. The number of hydrogen-bond acceptors (Lipinski definition) is 5. The van der Waals surface area contributed by atoms with Crippen LogP contribution in [0.2, 0.25) is 0 Å². The van der Waals surface area contributed by atoms with E-state index in [1.54, 1.807) is 19.1 Å². The number of furan rings is 1. The second-order valence-electron chi connectivity index (χ2n) is 6.08. The molecule has 0 aliphatic carbocycles. The molecule has 7 nitrogen and oxygen atoms in total. The van der Waals surface area contributed by atoms with Gasteiger partial charge in [-0.05, 0) is 37.3 Å². The van der Waals surface area contributed by atoms with E-state index < -0.39 is 17.6 Å². The number of nitrogens with one attached hydrogen (secondary N) is 2. The summed E-state index contributed by atoms with van der Waals surface area (Å²) in [5, 5.41) is 8.97. The molecule has 0 radical (unpaired) electrons. The number of hydrogen-bond donors (Lipinski definition) is 2. The third-order valence-electron chi connectivity index (χ3n) is 3.92. The number of amides is 1. The molecule has 2 N–H and O–H groups in total. The summed E-state index contributed by atoms with van der Waals surface area (Å²) >= 11 is 0. The first-order valence-corrected chi connectivity index (χ1v) is 8.54. The van der Waals surface area contributed by atoms with Gasteiger partial charge in [0.25, 0.3) is 5.91 Å². The fourth-order valence-electron chi connectivity index (χ4n) is 2.49. The summed E-state index contributed by atoms with van der Waals surface area (Å²) < 4.78 is 54.9. The van der Waals surface area contributed by atoms with E-state index in [1.807, 2.05) is 0 Å². The van der Waals surface area contributed by atoms with Crippen LogP contribution in [-0.2, 0) is 10.9 Å². The molecular formula is C19H18F3N3O4. The van der Waals surface area contributed by atoms with Crippen LogP contribution in [0.4, 0.5) is 18.9 Å². The summed E-state index contributed by atoms with van der Waals surface area (Å²) in [7, 11) is 1.47. The lowest BCUT2D eigenvalue weighted by Gasteiger charge is -2.15. The van der Waals surface area contributed by atoms with Gasteiger partial charge in [-0.3, -0.25) is 9.89 Å². The van der Waals surface area contributed by atoms with Gasteiger partial charge >= 0.3 is 6.18 Å². The monoisotopic (exact) mass is 409 g/mol. The van der Waals surface area contributed by atoms with Crippen molar-refractivity contribution < 1.29 is 31.9 Å². The Morgan fingerprint density at radius 2 is 2.00 bits per heavy atom. The zero-order chi connectivity index (χ0) is 21.0. The van der Waals surface area contributed by atoms with Crippen molar-refractivity contribution in [2.24, 2.45) is 0 Å². The molecule has 1 amide bonds. The number of carbonyl (C=O) groups is 1. The average Bonchev–Trinajstić information content (AvgIpc) is 3.31. The number of nitrogens with zero attached hydrogens (tertiary/aromatic N) is 1. The minimum atomic E-state index is -4.57. The van der Waals surface area contributed by atoms with Gasteiger partial charge in [-0.2, -0.15) is 18.3 Å². The smallest absolute Gasteiger partial charge is 0.416 e. The zero-order valence-corrected chi connectivity index (χ0v) is 15.6. The van der Waals surface area contributed by atoms with Crippen LogP contribution < -0.4 is 10.1 Å². The summed E-state index contributed by atoms with van der Waals surface area (Å²) in [5.41, 5.74) is -0.599. The van der Waals surface area contributed by atoms with Crippen LogP contribution in [0.3, 0.4) is 0 Å². The van der Waals surface area contributed by atoms with Crippen molar-refractivity contribution in [3.63, 3.8) is 0 Å². The topological polar surface area (TPSA) is 89.4 Å². The SMILES string of the molecule is COCCOc1ccc(C(F)(F)F)cc1NC(=O)c1cc(-c2ccc(C)o2)[nH]n1. The number of aryl methyl sites for hydroxylation is 1. The molecule has 2 aromatic heterocycles. The van der Waals surface area contributed by atoms with Gasteiger partial charge < -0.3 is 19.2 Å². The molecule has 1 aromatic carbocycles. The van der Waals surface area contributed by atoms with E-state index in [-0.39, 0.29) is 30.3 Å². The Kier molecular flexibility index (Phi) is 5.92. The molecule has 2 heterocycles. The van der Waals surface area contributed by atoms with Gasteiger partial charge in [0.15, 0.2) is 11.5 Å². The molecule has 0 atom stereocenters. The summed E-state index contributed by atoms with van der Waals surface area (Å²) in [6, 6.07) is 7.73. The van der Waals surface area contributed by atoms with E-state index >= 15 is 0 Å². The van der Waals surface area contributed by atoms with E-state index in [2.05, 4.69) is 15.5 Å². The number of ether oxygens (including phenoxy) is 2. The Morgan fingerprint density at radius 1 is 1.21 bits per heavy atom. The number of anilines is 1. The van der Waals surface area contributed by atoms with Gasteiger partial charge in [-0.1, -0.05) is 0 Å². The maximum Gasteiger partial charge on any atom is 0.416 e. The molecule has 0 unspecified atom stereocenters. The number of rotatable bonds is 7. The van der Waals surface area contributed by atoms with E-state index in [4.69, 9.17) is 13.9 Å². The molecule has 0 fully saturated rings. The number of benzene rings is 1. The number of methoxy groups -OCH3 is 1. The number of aromatic nitrogens is 2. The fraction of sp³-hybridized carbons (Fsp3) is 0.263. The zero-order valence-electron chi connectivity index (χ0n) is 15.6. The van der Waals surface area contributed by atoms with Crippen LogP contribution >= 0.6 is 0 Å². The molecule has 0 saturated carbocycles. The molecule has 0 spiro atoms. The summed E-state index contributed by atoms with van der Waals surface area (Å²) in [6.45, 7) is 2.11. The van der Waals surface area contributed by atoms with Gasteiger partial charge in [0, 0.05) is 13.2 Å². The summed E-state index contributed by atoms with van der Waals surface area (Å²) in [6.07, 6.45) is -4.57. The van der Waals surface area contributed by atoms with E-state index in [0.29, 0.717) is 17.2 Å². The van der Waals surface area contributed by atoms with Crippen LogP contribution in [-0.4, -0.2) is 36.4 Å². The van der Waals surface area contributed by atoms with Gasteiger partial charge in [0.05, 0.1) is 17.9 Å². The van der Waals surface area contributed by atoms with Crippen LogP contribution in [0, 0.1) is 6.92 Å². The number of halogens is 3. The highest BCUT2D eigenvalue weighted by Gasteiger charge is 2.31. The number of H-pyrrole nitrogens is 1. The van der Waals surface area contributed by atoms with Crippen molar-refractivity contribution in [3.05, 3.63) is 53.4 Å². The lowest BCUT2D eigenvalue weighted by molar-refractivity contribution is -0.137. The molecule has 3 aromatic rings. The van der Waals surface area contributed by atoms with E-state index in [0.717, 1.165) is 18.2 Å². The molecule has 29 heavy (non-hydrogen) atoms. The Labute approximate surface area is 163 Å². The first-order valence-electron chi connectivity index (χ1n) is 8.54. The second-order valence-corrected chi connectivity index (χ2v) is 6.08. The molecule has 0 saturated heterocycles. The Morgan fingerprint density at radius 3 is 2.66 bits per heavy atom. The van der Waals surface area contributed by atoms with E-state index in [9.17, 15) is 18.0 Å². The minimum absolute atomic E-state index is 0.0192. The molecule has 0 aliphatic rings. The molecule has 10 heteroatoms. The van der Waals surface area contributed by atoms with Gasteiger partial charge in [-0.15, -0.1) is 0 Å². The minimum Gasteiger partial charge on any atom is -0.489 e. The van der Waals surface area contributed by atoms with Crippen LogP contribution in [0.5, 0.6) is 5.75 Å². The van der Waals surface area contributed by atoms with Gasteiger partial charge in [-0.25, -0.2) is 0 Å². The normalized spacial score (nSPS) is 11.5. The lowest BCUT2D eigenvalue weighted by atomic mass is 10.1. The first kappa shape index (κ1) is 20.5. The largest absolute Gasteiger partial charge is 0.489 e. The van der Waals surface area contributed by atoms with Gasteiger partial charge in [0.2, 0.25) is 0 Å². The number of alkyl halides is 3. The number of carbonyl (C=O) groups excluding carboxylic acids is 1. The third-order valence-corrected chi connectivity index (χ3v) is 3.92. The molecular weight excluding hydrogens is 391 g/mol. The van der Waals surface area contributed by atoms with Crippen molar-refractivity contribution in [1.29, 1.82) is 0 Å². The van der Waals surface area contributed by atoms with Crippen molar-refractivity contribution in [2.75, 3.05) is 25.6 Å². The highest BCUT2D eigenvalue weighted by molar-refractivity contribution is 6.04. The third kappa shape index (κ3) is 4.96. The van der Waals surface area contributed by atoms with Crippen molar-refractivity contribution in [1.82, 2.24) is 10.2 Å². The summed E-state index contributed by atoms with van der Waals surface area (Å²) in [5.74, 6) is 0.548. The average molecular weight is 409 g/mol.